The molecule has 3 heteroatoms. The molecule has 0 saturated heterocycles. The number of hydrogen-bond acceptors (Lipinski definition) is 2. The Bertz CT molecular complexity index is 348. The first kappa shape index (κ1) is 16.4. The van der Waals surface area contributed by atoms with Crippen LogP contribution in [0, 0.1) is 17.8 Å². The van der Waals surface area contributed by atoms with Crippen LogP contribution in [-0.2, 0) is 9.53 Å². The van der Waals surface area contributed by atoms with E-state index in [-0.39, 0.29) is 18.0 Å². The van der Waals surface area contributed by atoms with Gasteiger partial charge in [0.05, 0.1) is 5.92 Å². The highest BCUT2D eigenvalue weighted by Crippen LogP contribution is 2.42. The summed E-state index contributed by atoms with van der Waals surface area (Å²) in [6.07, 6.45) is 16.7. The van der Waals surface area contributed by atoms with Gasteiger partial charge in [-0.2, -0.15) is 0 Å². The van der Waals surface area contributed by atoms with Crippen LogP contribution in [0.3, 0.4) is 0 Å². The van der Waals surface area contributed by atoms with Gasteiger partial charge in [0.15, 0.2) is 0 Å². The van der Waals surface area contributed by atoms with Crippen molar-refractivity contribution >= 4 is 13.8 Å². The van der Waals surface area contributed by atoms with Gasteiger partial charge in [0.1, 0.15) is 14.0 Å². The molecule has 0 N–H and O–H groups in total. The van der Waals surface area contributed by atoms with Crippen LogP contribution in [0.25, 0.3) is 0 Å². The van der Waals surface area contributed by atoms with E-state index in [1.54, 1.807) is 0 Å². The van der Waals surface area contributed by atoms with Crippen molar-refractivity contribution in [2.45, 2.75) is 95.4 Å². The minimum absolute atomic E-state index is 0.127. The molecule has 0 aliphatic heterocycles. The summed E-state index contributed by atoms with van der Waals surface area (Å²) in [5, 5.41) is 0. The number of esters is 1. The normalized spacial score (nSPS) is 37.6. The van der Waals surface area contributed by atoms with E-state index in [0.717, 1.165) is 43.3 Å². The van der Waals surface area contributed by atoms with Crippen LogP contribution in [0.4, 0.5) is 0 Å². The van der Waals surface area contributed by atoms with Crippen LogP contribution >= 0.6 is 0 Å². The Morgan fingerprint density at radius 2 is 1.27 bits per heavy atom. The molecule has 0 atom stereocenters. The van der Waals surface area contributed by atoms with Crippen molar-refractivity contribution in [3.63, 3.8) is 0 Å². The van der Waals surface area contributed by atoms with E-state index in [4.69, 9.17) is 4.74 Å². The summed E-state index contributed by atoms with van der Waals surface area (Å²) in [4.78, 5) is 12.4. The van der Waals surface area contributed by atoms with Crippen molar-refractivity contribution in [3.8, 4) is 0 Å². The van der Waals surface area contributed by atoms with Crippen LogP contribution in [0.15, 0.2) is 0 Å². The van der Waals surface area contributed by atoms with Gasteiger partial charge in [0.25, 0.3) is 0 Å². The largest absolute Gasteiger partial charge is 0.462 e. The van der Waals surface area contributed by atoms with Gasteiger partial charge in [-0.05, 0) is 63.2 Å². The first-order valence-corrected chi connectivity index (χ1v) is 9.93. The lowest BCUT2D eigenvalue weighted by Crippen LogP contribution is -2.31. The van der Waals surface area contributed by atoms with E-state index in [2.05, 4.69) is 7.85 Å². The van der Waals surface area contributed by atoms with Crippen molar-refractivity contribution < 1.29 is 9.53 Å². The van der Waals surface area contributed by atoms with E-state index in [9.17, 15) is 4.79 Å². The van der Waals surface area contributed by atoms with Gasteiger partial charge in [0.2, 0.25) is 0 Å². The predicted molar refractivity (Wildman–Crippen MR) is 92.7 cm³/mol. The quantitative estimate of drug-likeness (QED) is 0.574. The zero-order valence-electron chi connectivity index (χ0n) is 14.4. The molecule has 22 heavy (non-hydrogen) atoms. The van der Waals surface area contributed by atoms with Gasteiger partial charge in [-0.25, -0.2) is 0 Å². The number of carbonyl (C=O) groups excluding carboxylic acids is 1. The maximum atomic E-state index is 12.4. The van der Waals surface area contributed by atoms with Crippen molar-refractivity contribution in [3.05, 3.63) is 0 Å². The topological polar surface area (TPSA) is 26.3 Å². The number of rotatable bonds is 3. The summed E-state index contributed by atoms with van der Waals surface area (Å²) < 4.78 is 5.79. The van der Waals surface area contributed by atoms with Gasteiger partial charge >= 0.3 is 5.97 Å². The molecule has 0 amide bonds. The molecule has 0 aromatic rings. The minimum atomic E-state index is 0.127. The predicted octanol–water partition coefficient (Wildman–Crippen LogP) is 4.28. The van der Waals surface area contributed by atoms with Crippen molar-refractivity contribution in [1.29, 1.82) is 0 Å². The molecule has 0 aromatic carbocycles. The third-order valence-electron chi connectivity index (χ3n) is 6.67. The second-order valence-corrected chi connectivity index (χ2v) is 8.33. The average Bonchev–Trinajstić information content (AvgIpc) is 2.57. The van der Waals surface area contributed by atoms with Crippen molar-refractivity contribution in [2.24, 2.45) is 17.8 Å². The summed E-state index contributed by atoms with van der Waals surface area (Å²) in [7, 11) is 2.40. The molecule has 0 bridgehead atoms. The van der Waals surface area contributed by atoms with Gasteiger partial charge in [0, 0.05) is 0 Å². The maximum absolute atomic E-state index is 12.4. The lowest BCUT2D eigenvalue weighted by Gasteiger charge is -2.37. The van der Waals surface area contributed by atoms with Crippen molar-refractivity contribution in [1.82, 2.24) is 0 Å². The van der Waals surface area contributed by atoms with Gasteiger partial charge in [-0.3, -0.25) is 4.79 Å². The number of ether oxygens (including phenoxy) is 1. The highest BCUT2D eigenvalue weighted by atomic mass is 16.5. The van der Waals surface area contributed by atoms with E-state index >= 15 is 0 Å². The molecule has 3 fully saturated rings. The Hall–Kier alpha value is -0.465. The van der Waals surface area contributed by atoms with E-state index in [1.165, 1.54) is 57.8 Å². The third kappa shape index (κ3) is 4.29. The Morgan fingerprint density at radius 1 is 0.727 bits per heavy atom. The molecule has 0 heterocycles. The summed E-state index contributed by atoms with van der Waals surface area (Å²) in [5.74, 6) is 3.12. The van der Waals surface area contributed by atoms with Gasteiger partial charge < -0.3 is 4.74 Å². The molecule has 3 aliphatic carbocycles. The summed E-state index contributed by atoms with van der Waals surface area (Å²) >= 11 is 0. The first-order valence-electron chi connectivity index (χ1n) is 9.93. The first-order chi connectivity index (χ1) is 10.7. The molecule has 0 radical (unpaired) electrons. The smallest absolute Gasteiger partial charge is 0.309 e. The molecule has 0 aromatic heterocycles. The van der Waals surface area contributed by atoms with E-state index < -0.39 is 0 Å². The lowest BCUT2D eigenvalue weighted by atomic mass is 9.65. The van der Waals surface area contributed by atoms with Crippen LogP contribution < -0.4 is 0 Å². The monoisotopic (exact) mass is 304 g/mol. The molecule has 0 unspecified atom stereocenters. The van der Waals surface area contributed by atoms with E-state index in [1.807, 2.05) is 0 Å². The van der Waals surface area contributed by atoms with Crippen LogP contribution in [0.2, 0.25) is 5.82 Å². The van der Waals surface area contributed by atoms with Gasteiger partial charge in [-0.15, -0.1) is 0 Å². The Morgan fingerprint density at radius 3 is 1.86 bits per heavy atom. The molecule has 3 aliphatic rings. The number of hydrogen-bond donors (Lipinski definition) is 0. The maximum Gasteiger partial charge on any atom is 0.309 e. The SMILES string of the molecule is BC1CCC(C2CCC(C(=O)OC3CCCCC3)CC2)CC1. The Balaban J connectivity index is 1.40. The zero-order chi connectivity index (χ0) is 15.4. The van der Waals surface area contributed by atoms with Crippen LogP contribution in [0.1, 0.15) is 83.5 Å². The standard InChI is InChI=1S/C19H33BO2/c20-17-12-10-15(11-13-17)14-6-8-16(9-7-14)19(21)22-18-4-2-1-3-5-18/h14-18H,1-13,20H2. The van der Waals surface area contributed by atoms with Crippen LogP contribution in [0.5, 0.6) is 0 Å². The average molecular weight is 304 g/mol. The summed E-state index contributed by atoms with van der Waals surface area (Å²) in [6.45, 7) is 0. The van der Waals surface area contributed by atoms with E-state index in [0.29, 0.717) is 0 Å². The molecule has 124 valence electrons. The van der Waals surface area contributed by atoms with Crippen molar-refractivity contribution in [2.75, 3.05) is 0 Å². The highest BCUT2D eigenvalue weighted by Gasteiger charge is 2.33. The lowest BCUT2D eigenvalue weighted by molar-refractivity contribution is -0.157. The third-order valence-corrected chi connectivity index (χ3v) is 6.67. The molecule has 3 saturated carbocycles. The molecule has 0 spiro atoms. The molecule has 2 nitrogen and oxygen atoms in total. The fourth-order valence-electron chi connectivity index (χ4n) is 5.03. The summed E-state index contributed by atoms with van der Waals surface area (Å²) in [5.41, 5.74) is 0. The van der Waals surface area contributed by atoms with Gasteiger partial charge in [-0.1, -0.05) is 37.9 Å². The zero-order valence-corrected chi connectivity index (χ0v) is 14.4. The Labute approximate surface area is 137 Å². The second-order valence-electron chi connectivity index (χ2n) is 8.33. The molecular weight excluding hydrogens is 271 g/mol. The minimum Gasteiger partial charge on any atom is -0.462 e. The fraction of sp³-hybridized carbons (Fsp3) is 0.947. The Kier molecular flexibility index (Phi) is 5.87. The second kappa shape index (κ2) is 7.88. The molecule has 3 rings (SSSR count). The van der Waals surface area contributed by atoms with Crippen LogP contribution in [-0.4, -0.2) is 19.9 Å². The highest BCUT2D eigenvalue weighted by molar-refractivity contribution is 6.11. The molecular formula is C19H33BO2. The fourth-order valence-corrected chi connectivity index (χ4v) is 5.03. The summed E-state index contributed by atoms with van der Waals surface area (Å²) in [6, 6.07) is 0. The number of carbonyl (C=O) groups is 1.